The van der Waals surface area contributed by atoms with Crippen LogP contribution in [0.3, 0.4) is 0 Å². The molecule has 2 saturated carbocycles. The number of carbonyl (C=O) groups is 1. The van der Waals surface area contributed by atoms with E-state index in [0.717, 1.165) is 49.6 Å². The van der Waals surface area contributed by atoms with E-state index in [-0.39, 0.29) is 29.6 Å². The SMILES string of the molecule is CC(C)CC(=O)NC1CCC(Nc2ncc3ccc(=O)n(C4CCCC4)c3n2)CC1. The van der Waals surface area contributed by atoms with Crippen LogP contribution in [0, 0.1) is 5.92 Å². The molecule has 0 saturated heterocycles. The zero-order valence-corrected chi connectivity index (χ0v) is 18.1. The normalized spacial score (nSPS) is 22.5. The number of anilines is 1. The highest BCUT2D eigenvalue weighted by Gasteiger charge is 2.24. The molecule has 2 aromatic rings. The molecule has 0 spiro atoms. The first-order valence-electron chi connectivity index (χ1n) is 11.4. The van der Waals surface area contributed by atoms with Gasteiger partial charge in [0, 0.05) is 42.2 Å². The monoisotopic (exact) mass is 411 g/mol. The number of aromatic nitrogens is 3. The van der Waals surface area contributed by atoms with Gasteiger partial charge >= 0.3 is 0 Å². The summed E-state index contributed by atoms with van der Waals surface area (Å²) in [5.41, 5.74) is 0.762. The van der Waals surface area contributed by atoms with E-state index in [9.17, 15) is 9.59 Å². The zero-order chi connectivity index (χ0) is 21.1. The van der Waals surface area contributed by atoms with Gasteiger partial charge in [0.1, 0.15) is 5.65 Å². The first-order chi connectivity index (χ1) is 14.5. The summed E-state index contributed by atoms with van der Waals surface area (Å²) in [6.07, 6.45) is 10.7. The van der Waals surface area contributed by atoms with E-state index in [1.165, 1.54) is 12.8 Å². The van der Waals surface area contributed by atoms with Crippen molar-refractivity contribution in [2.75, 3.05) is 5.32 Å². The van der Waals surface area contributed by atoms with Crippen LogP contribution in [0.5, 0.6) is 0 Å². The molecule has 2 aliphatic rings. The van der Waals surface area contributed by atoms with Crippen LogP contribution in [-0.4, -0.2) is 32.5 Å². The third-order valence-electron chi connectivity index (χ3n) is 6.38. The molecule has 7 heteroatoms. The fourth-order valence-electron chi connectivity index (χ4n) is 4.85. The van der Waals surface area contributed by atoms with Gasteiger partial charge in [-0.25, -0.2) is 4.98 Å². The summed E-state index contributed by atoms with van der Waals surface area (Å²) in [6, 6.07) is 4.24. The number of rotatable bonds is 6. The molecule has 2 fully saturated rings. The van der Waals surface area contributed by atoms with Gasteiger partial charge in [0.15, 0.2) is 0 Å². The van der Waals surface area contributed by atoms with E-state index in [1.807, 2.05) is 16.8 Å². The molecule has 0 bridgehead atoms. The van der Waals surface area contributed by atoms with Crippen molar-refractivity contribution in [3.05, 3.63) is 28.7 Å². The van der Waals surface area contributed by atoms with E-state index < -0.39 is 0 Å². The summed E-state index contributed by atoms with van der Waals surface area (Å²) in [6.45, 7) is 4.13. The van der Waals surface area contributed by atoms with Gasteiger partial charge < -0.3 is 10.6 Å². The van der Waals surface area contributed by atoms with Crippen molar-refractivity contribution in [2.24, 2.45) is 5.92 Å². The van der Waals surface area contributed by atoms with E-state index in [4.69, 9.17) is 4.98 Å². The van der Waals surface area contributed by atoms with Crippen LogP contribution >= 0.6 is 0 Å². The van der Waals surface area contributed by atoms with Crippen molar-refractivity contribution < 1.29 is 4.79 Å². The second kappa shape index (κ2) is 9.14. The molecule has 0 atom stereocenters. The average Bonchev–Trinajstić information content (AvgIpc) is 3.23. The lowest BCUT2D eigenvalue weighted by molar-refractivity contribution is -0.122. The van der Waals surface area contributed by atoms with Crippen LogP contribution < -0.4 is 16.2 Å². The van der Waals surface area contributed by atoms with Gasteiger partial charge in [-0.2, -0.15) is 4.98 Å². The maximum atomic E-state index is 12.6. The lowest BCUT2D eigenvalue weighted by Gasteiger charge is -2.30. The topological polar surface area (TPSA) is 88.9 Å². The Kier molecular flexibility index (Phi) is 6.35. The number of pyridine rings is 1. The second-order valence-corrected chi connectivity index (χ2v) is 9.31. The van der Waals surface area contributed by atoms with Gasteiger partial charge in [-0.3, -0.25) is 14.2 Å². The number of carbonyl (C=O) groups excluding carboxylic acids is 1. The largest absolute Gasteiger partial charge is 0.353 e. The van der Waals surface area contributed by atoms with E-state index in [0.29, 0.717) is 18.3 Å². The Morgan fingerprint density at radius 1 is 1.10 bits per heavy atom. The van der Waals surface area contributed by atoms with Crippen molar-refractivity contribution in [3.63, 3.8) is 0 Å². The molecular formula is C23H33N5O2. The summed E-state index contributed by atoms with van der Waals surface area (Å²) >= 11 is 0. The molecule has 0 radical (unpaired) electrons. The summed E-state index contributed by atoms with van der Waals surface area (Å²) in [7, 11) is 0. The quantitative estimate of drug-likeness (QED) is 0.755. The van der Waals surface area contributed by atoms with E-state index >= 15 is 0 Å². The third-order valence-corrected chi connectivity index (χ3v) is 6.38. The van der Waals surface area contributed by atoms with Gasteiger partial charge in [-0.15, -0.1) is 0 Å². The van der Waals surface area contributed by atoms with E-state index in [1.54, 1.807) is 6.07 Å². The van der Waals surface area contributed by atoms with Crippen molar-refractivity contribution in [3.8, 4) is 0 Å². The molecule has 0 unspecified atom stereocenters. The van der Waals surface area contributed by atoms with Crippen LogP contribution in [0.4, 0.5) is 5.95 Å². The van der Waals surface area contributed by atoms with Crippen molar-refractivity contribution in [1.82, 2.24) is 19.9 Å². The van der Waals surface area contributed by atoms with Crippen molar-refractivity contribution >= 4 is 22.9 Å². The fourth-order valence-corrected chi connectivity index (χ4v) is 4.85. The van der Waals surface area contributed by atoms with E-state index in [2.05, 4.69) is 29.5 Å². The third kappa shape index (κ3) is 4.82. The standard InChI is InChI=1S/C23H33N5O2/c1-15(2)13-20(29)25-17-8-10-18(11-9-17)26-23-24-14-16-7-12-21(30)28(22(16)27-23)19-5-3-4-6-19/h7,12,14-15,17-19H,3-6,8-11,13H2,1-2H3,(H,25,29)(H,24,26,27). The minimum atomic E-state index is 0.0247. The molecule has 2 aromatic heterocycles. The molecular weight excluding hydrogens is 378 g/mol. The number of nitrogens with one attached hydrogen (secondary N) is 2. The van der Waals surface area contributed by atoms with Crippen molar-refractivity contribution in [1.29, 1.82) is 0 Å². The number of hydrogen-bond donors (Lipinski definition) is 2. The molecule has 30 heavy (non-hydrogen) atoms. The van der Waals surface area contributed by atoms with Crippen LogP contribution in [0.2, 0.25) is 0 Å². The first-order valence-corrected chi connectivity index (χ1v) is 11.4. The Balaban J connectivity index is 1.42. The highest BCUT2D eigenvalue weighted by Crippen LogP contribution is 2.30. The minimum absolute atomic E-state index is 0.0247. The van der Waals surface area contributed by atoms with Gasteiger partial charge in [0.25, 0.3) is 5.56 Å². The molecule has 2 N–H and O–H groups in total. The number of fused-ring (bicyclic) bond motifs is 1. The van der Waals surface area contributed by atoms with Gasteiger partial charge in [0.2, 0.25) is 11.9 Å². The van der Waals surface area contributed by atoms with Gasteiger partial charge in [-0.1, -0.05) is 26.7 Å². The van der Waals surface area contributed by atoms with Gasteiger partial charge in [-0.05, 0) is 50.5 Å². The Morgan fingerprint density at radius 2 is 1.80 bits per heavy atom. The van der Waals surface area contributed by atoms with Gasteiger partial charge in [0.05, 0.1) is 0 Å². The Labute approximate surface area is 177 Å². The molecule has 2 heterocycles. The second-order valence-electron chi connectivity index (χ2n) is 9.31. The molecule has 0 aromatic carbocycles. The Morgan fingerprint density at radius 3 is 2.50 bits per heavy atom. The highest BCUT2D eigenvalue weighted by molar-refractivity contribution is 5.76. The summed E-state index contributed by atoms with van der Waals surface area (Å²) in [4.78, 5) is 33.8. The minimum Gasteiger partial charge on any atom is -0.353 e. The maximum Gasteiger partial charge on any atom is 0.252 e. The predicted molar refractivity (Wildman–Crippen MR) is 119 cm³/mol. The fraction of sp³-hybridized carbons (Fsp3) is 0.652. The molecule has 162 valence electrons. The molecule has 2 aliphatic carbocycles. The number of nitrogens with zero attached hydrogens (tertiary/aromatic N) is 3. The smallest absolute Gasteiger partial charge is 0.252 e. The number of hydrogen-bond acceptors (Lipinski definition) is 5. The molecule has 0 aliphatic heterocycles. The lowest BCUT2D eigenvalue weighted by atomic mass is 9.91. The summed E-state index contributed by atoms with van der Waals surface area (Å²) in [5, 5.41) is 7.54. The van der Waals surface area contributed by atoms with Crippen LogP contribution in [0.15, 0.2) is 23.1 Å². The zero-order valence-electron chi connectivity index (χ0n) is 18.1. The Hall–Kier alpha value is -2.44. The highest BCUT2D eigenvalue weighted by atomic mass is 16.1. The van der Waals surface area contributed by atoms with Crippen LogP contribution in [-0.2, 0) is 4.79 Å². The summed E-state index contributed by atoms with van der Waals surface area (Å²) < 4.78 is 1.87. The maximum absolute atomic E-state index is 12.6. The average molecular weight is 412 g/mol. The van der Waals surface area contributed by atoms with Crippen molar-refractivity contribution in [2.45, 2.75) is 89.8 Å². The van der Waals surface area contributed by atoms with Crippen LogP contribution in [0.25, 0.3) is 11.0 Å². The summed E-state index contributed by atoms with van der Waals surface area (Å²) in [5.74, 6) is 1.13. The molecule has 7 nitrogen and oxygen atoms in total. The molecule has 4 rings (SSSR count). The lowest BCUT2D eigenvalue weighted by Crippen LogP contribution is -2.40. The first kappa shape index (κ1) is 20.8. The Bertz CT molecular complexity index is 940. The van der Waals surface area contributed by atoms with Crippen LogP contribution in [0.1, 0.15) is 77.7 Å². The number of amides is 1. The molecule has 1 amide bonds. The predicted octanol–water partition coefficient (Wildman–Crippen LogP) is 3.79.